The number of benzene rings is 2. The van der Waals surface area contributed by atoms with Crippen LogP contribution in [0.3, 0.4) is 0 Å². The molecule has 2 rings (SSSR count). The number of fused-ring (bicyclic) bond motifs is 1. The van der Waals surface area contributed by atoms with Crippen molar-refractivity contribution in [1.29, 1.82) is 5.41 Å². The molecule has 0 fully saturated rings. The molecule has 0 spiro atoms. The van der Waals surface area contributed by atoms with E-state index in [4.69, 9.17) is 10.5 Å². The van der Waals surface area contributed by atoms with Gasteiger partial charge in [-0.3, -0.25) is 0 Å². The van der Waals surface area contributed by atoms with Crippen molar-refractivity contribution in [2.45, 2.75) is 6.61 Å². The maximum absolute atomic E-state index is 9.14. The second-order valence-corrected chi connectivity index (χ2v) is 3.16. The fourth-order valence-electron chi connectivity index (χ4n) is 1.65. The van der Waals surface area contributed by atoms with Gasteiger partial charge in [0.1, 0.15) is 0 Å². The van der Waals surface area contributed by atoms with Gasteiger partial charge in [0.2, 0.25) is 0 Å². The zero-order valence-corrected chi connectivity index (χ0v) is 7.70. The molecule has 0 unspecified atom stereocenters. The molecule has 0 saturated carbocycles. The van der Waals surface area contributed by atoms with E-state index in [1.54, 1.807) is 0 Å². The van der Waals surface area contributed by atoms with Crippen molar-refractivity contribution in [1.82, 2.24) is 0 Å². The lowest BCUT2D eigenvalue weighted by Crippen LogP contribution is -1.89. The van der Waals surface area contributed by atoms with E-state index in [0.29, 0.717) is 0 Å². The third-order valence-electron chi connectivity index (χ3n) is 2.37. The molecule has 0 bridgehead atoms. The standard InChI is InChI=1S/C12H11NO/c13-7-9-5-6-10(8-14)12-4-2-1-3-11(9)12/h1-7,13-14H,8H2. The third kappa shape index (κ3) is 1.30. The molecule has 0 aromatic heterocycles. The maximum Gasteiger partial charge on any atom is 0.0687 e. The fourth-order valence-corrected chi connectivity index (χ4v) is 1.65. The largest absolute Gasteiger partial charge is 0.392 e. The van der Waals surface area contributed by atoms with Crippen LogP contribution in [0, 0.1) is 5.41 Å². The fraction of sp³-hybridized carbons (Fsp3) is 0.0833. The summed E-state index contributed by atoms with van der Waals surface area (Å²) in [7, 11) is 0. The first-order valence-electron chi connectivity index (χ1n) is 4.49. The highest BCUT2D eigenvalue weighted by Gasteiger charge is 2.02. The second-order valence-electron chi connectivity index (χ2n) is 3.16. The number of nitrogens with one attached hydrogen (secondary N) is 1. The van der Waals surface area contributed by atoms with Crippen LogP contribution in [0.2, 0.25) is 0 Å². The van der Waals surface area contributed by atoms with Crippen LogP contribution in [0.4, 0.5) is 0 Å². The molecule has 0 saturated heterocycles. The summed E-state index contributed by atoms with van der Waals surface area (Å²) < 4.78 is 0. The van der Waals surface area contributed by atoms with E-state index in [0.717, 1.165) is 21.9 Å². The Morgan fingerprint density at radius 1 is 1.07 bits per heavy atom. The van der Waals surface area contributed by atoms with Crippen molar-refractivity contribution < 1.29 is 5.11 Å². The van der Waals surface area contributed by atoms with Crippen molar-refractivity contribution in [2.24, 2.45) is 0 Å². The minimum Gasteiger partial charge on any atom is -0.392 e. The van der Waals surface area contributed by atoms with Crippen molar-refractivity contribution in [3.05, 3.63) is 47.5 Å². The first-order valence-corrected chi connectivity index (χ1v) is 4.49. The lowest BCUT2D eigenvalue weighted by atomic mass is 10.0. The number of aliphatic hydroxyl groups is 1. The number of rotatable bonds is 2. The number of hydrogen-bond donors (Lipinski definition) is 2. The quantitative estimate of drug-likeness (QED) is 0.693. The molecule has 0 aliphatic heterocycles. The van der Waals surface area contributed by atoms with E-state index >= 15 is 0 Å². The van der Waals surface area contributed by atoms with Crippen LogP contribution < -0.4 is 0 Å². The van der Waals surface area contributed by atoms with Gasteiger partial charge in [0.25, 0.3) is 0 Å². The Morgan fingerprint density at radius 3 is 2.43 bits per heavy atom. The summed E-state index contributed by atoms with van der Waals surface area (Å²) in [5.41, 5.74) is 1.80. The summed E-state index contributed by atoms with van der Waals surface area (Å²) in [6.45, 7) is 0.0405. The minimum absolute atomic E-state index is 0.0405. The van der Waals surface area contributed by atoms with Crippen LogP contribution in [0.5, 0.6) is 0 Å². The van der Waals surface area contributed by atoms with E-state index in [-0.39, 0.29) is 6.61 Å². The Balaban J connectivity index is 2.84. The zero-order valence-electron chi connectivity index (χ0n) is 7.70. The van der Waals surface area contributed by atoms with Crippen molar-refractivity contribution in [2.75, 3.05) is 0 Å². The maximum atomic E-state index is 9.14. The van der Waals surface area contributed by atoms with Crippen LogP contribution in [0.1, 0.15) is 11.1 Å². The normalized spacial score (nSPS) is 10.4. The van der Waals surface area contributed by atoms with Crippen LogP contribution in [0.25, 0.3) is 10.8 Å². The molecule has 0 aliphatic carbocycles. The molecule has 14 heavy (non-hydrogen) atoms. The van der Waals surface area contributed by atoms with Gasteiger partial charge in [-0.05, 0) is 21.9 Å². The Labute approximate surface area is 82.3 Å². The lowest BCUT2D eigenvalue weighted by molar-refractivity contribution is 0.283. The van der Waals surface area contributed by atoms with Crippen molar-refractivity contribution in [3.8, 4) is 0 Å². The highest BCUT2D eigenvalue weighted by molar-refractivity contribution is 6.00. The summed E-state index contributed by atoms with van der Waals surface area (Å²) in [5, 5.41) is 18.5. The van der Waals surface area contributed by atoms with E-state index in [1.807, 2.05) is 36.4 Å². The van der Waals surface area contributed by atoms with Gasteiger partial charge >= 0.3 is 0 Å². The van der Waals surface area contributed by atoms with E-state index < -0.39 is 0 Å². The molecular formula is C12H11NO. The average Bonchev–Trinajstić information content (AvgIpc) is 2.27. The van der Waals surface area contributed by atoms with E-state index in [9.17, 15) is 0 Å². The van der Waals surface area contributed by atoms with Gasteiger partial charge in [-0.25, -0.2) is 0 Å². The first kappa shape index (κ1) is 8.91. The van der Waals surface area contributed by atoms with Gasteiger partial charge in [-0.1, -0.05) is 36.4 Å². The molecule has 0 radical (unpaired) electrons. The highest BCUT2D eigenvalue weighted by Crippen LogP contribution is 2.21. The van der Waals surface area contributed by atoms with Gasteiger partial charge < -0.3 is 10.5 Å². The summed E-state index contributed by atoms with van der Waals surface area (Å²) in [4.78, 5) is 0. The Hall–Kier alpha value is -1.67. The van der Waals surface area contributed by atoms with Gasteiger partial charge in [0.05, 0.1) is 6.61 Å². The molecule has 2 heteroatoms. The Morgan fingerprint density at radius 2 is 1.79 bits per heavy atom. The molecular weight excluding hydrogens is 174 g/mol. The predicted molar refractivity (Wildman–Crippen MR) is 57.8 cm³/mol. The Bertz CT molecular complexity index is 477. The van der Waals surface area contributed by atoms with Crippen LogP contribution in [0.15, 0.2) is 36.4 Å². The predicted octanol–water partition coefficient (Wildman–Crippen LogP) is 2.33. The smallest absolute Gasteiger partial charge is 0.0687 e. The summed E-state index contributed by atoms with van der Waals surface area (Å²) >= 11 is 0. The Kier molecular flexibility index (Phi) is 2.29. The van der Waals surface area contributed by atoms with Crippen molar-refractivity contribution >= 4 is 17.0 Å². The molecule has 0 amide bonds. The molecule has 2 aromatic rings. The number of aliphatic hydroxyl groups excluding tert-OH is 1. The molecule has 2 nitrogen and oxygen atoms in total. The van der Waals surface area contributed by atoms with E-state index in [1.165, 1.54) is 6.21 Å². The van der Waals surface area contributed by atoms with Gasteiger partial charge in [-0.2, -0.15) is 0 Å². The van der Waals surface area contributed by atoms with Crippen LogP contribution in [-0.4, -0.2) is 11.3 Å². The molecule has 70 valence electrons. The molecule has 0 atom stereocenters. The van der Waals surface area contributed by atoms with Crippen LogP contribution in [-0.2, 0) is 6.61 Å². The van der Waals surface area contributed by atoms with Gasteiger partial charge in [0, 0.05) is 6.21 Å². The average molecular weight is 185 g/mol. The topological polar surface area (TPSA) is 44.1 Å². The van der Waals surface area contributed by atoms with Gasteiger partial charge in [-0.15, -0.1) is 0 Å². The van der Waals surface area contributed by atoms with E-state index in [2.05, 4.69) is 0 Å². The molecule has 2 aromatic carbocycles. The molecule has 2 N–H and O–H groups in total. The third-order valence-corrected chi connectivity index (χ3v) is 2.37. The molecule has 0 aliphatic rings. The summed E-state index contributed by atoms with van der Waals surface area (Å²) in [6.07, 6.45) is 1.34. The second kappa shape index (κ2) is 3.60. The zero-order chi connectivity index (χ0) is 9.97. The van der Waals surface area contributed by atoms with Crippen molar-refractivity contribution in [3.63, 3.8) is 0 Å². The molecule has 0 heterocycles. The number of hydrogen-bond acceptors (Lipinski definition) is 2. The summed E-state index contributed by atoms with van der Waals surface area (Å²) in [6, 6.07) is 11.5. The first-order chi connectivity index (χ1) is 6.86. The highest BCUT2D eigenvalue weighted by atomic mass is 16.3. The SMILES string of the molecule is N=Cc1ccc(CO)c2ccccc12. The monoisotopic (exact) mass is 185 g/mol. The van der Waals surface area contributed by atoms with Gasteiger partial charge in [0.15, 0.2) is 0 Å². The van der Waals surface area contributed by atoms with Crippen LogP contribution >= 0.6 is 0 Å². The lowest BCUT2D eigenvalue weighted by Gasteiger charge is -2.05. The minimum atomic E-state index is 0.0405. The summed E-state index contributed by atoms with van der Waals surface area (Å²) in [5.74, 6) is 0.